The van der Waals surface area contributed by atoms with Gasteiger partial charge in [0, 0.05) is 24.7 Å². The Balaban J connectivity index is 1.79. The minimum Gasteiger partial charge on any atom is -0.339 e. The molecule has 1 aliphatic rings. The van der Waals surface area contributed by atoms with Gasteiger partial charge in [0.1, 0.15) is 0 Å². The molecule has 3 rings (SSSR count). The van der Waals surface area contributed by atoms with E-state index < -0.39 is 0 Å². The number of aryl methyl sites for hydroxylation is 1. The van der Waals surface area contributed by atoms with E-state index in [2.05, 4.69) is 52.5 Å². The molecular weight excluding hydrogens is 262 g/mol. The maximum atomic E-state index is 4.70. The van der Waals surface area contributed by atoms with Crippen molar-refractivity contribution in [3.63, 3.8) is 0 Å². The SMILES string of the molecule is CNC1CCN(c2n[nH]c(-c3cccc(C)c3C)n2)CC1. The minimum absolute atomic E-state index is 0.624. The lowest BCUT2D eigenvalue weighted by molar-refractivity contribution is 0.439. The fourth-order valence-electron chi connectivity index (χ4n) is 2.89. The van der Waals surface area contributed by atoms with Crippen LogP contribution in [0, 0.1) is 13.8 Å². The van der Waals surface area contributed by atoms with Gasteiger partial charge >= 0.3 is 0 Å². The second kappa shape index (κ2) is 5.85. The minimum atomic E-state index is 0.624. The zero-order valence-electron chi connectivity index (χ0n) is 13.0. The van der Waals surface area contributed by atoms with E-state index in [1.807, 2.05) is 7.05 Å². The number of benzene rings is 1. The molecule has 5 heteroatoms. The molecule has 0 atom stereocenters. The van der Waals surface area contributed by atoms with E-state index in [1.165, 1.54) is 11.1 Å². The van der Waals surface area contributed by atoms with Crippen molar-refractivity contribution >= 4 is 5.95 Å². The zero-order chi connectivity index (χ0) is 14.8. The Morgan fingerprint density at radius 2 is 2.00 bits per heavy atom. The van der Waals surface area contributed by atoms with Crippen LogP contribution < -0.4 is 10.2 Å². The van der Waals surface area contributed by atoms with E-state index in [-0.39, 0.29) is 0 Å². The van der Waals surface area contributed by atoms with Gasteiger partial charge in [-0.15, -0.1) is 5.10 Å². The van der Waals surface area contributed by atoms with Gasteiger partial charge in [-0.05, 0) is 44.9 Å². The number of aromatic nitrogens is 3. The van der Waals surface area contributed by atoms with Crippen LogP contribution in [0.25, 0.3) is 11.4 Å². The highest BCUT2D eigenvalue weighted by atomic mass is 15.4. The molecule has 2 heterocycles. The van der Waals surface area contributed by atoms with Gasteiger partial charge in [-0.3, -0.25) is 5.10 Å². The molecule has 2 N–H and O–H groups in total. The van der Waals surface area contributed by atoms with Crippen molar-refractivity contribution in [3.8, 4) is 11.4 Å². The molecule has 0 unspecified atom stereocenters. The molecule has 0 saturated carbocycles. The summed E-state index contributed by atoms with van der Waals surface area (Å²) in [5.74, 6) is 1.68. The summed E-state index contributed by atoms with van der Waals surface area (Å²) in [6, 6.07) is 6.91. The monoisotopic (exact) mass is 285 g/mol. The predicted molar refractivity (Wildman–Crippen MR) is 85.6 cm³/mol. The van der Waals surface area contributed by atoms with Crippen molar-refractivity contribution in [1.82, 2.24) is 20.5 Å². The highest BCUT2D eigenvalue weighted by Gasteiger charge is 2.21. The van der Waals surface area contributed by atoms with Gasteiger partial charge < -0.3 is 10.2 Å². The molecular formula is C16H23N5. The largest absolute Gasteiger partial charge is 0.339 e. The fraction of sp³-hybridized carbons (Fsp3) is 0.500. The Labute approximate surface area is 125 Å². The lowest BCUT2D eigenvalue weighted by Crippen LogP contribution is -2.41. The van der Waals surface area contributed by atoms with Crippen molar-refractivity contribution in [3.05, 3.63) is 29.3 Å². The van der Waals surface area contributed by atoms with Crippen LogP contribution >= 0.6 is 0 Å². The van der Waals surface area contributed by atoms with Crippen LogP contribution in [0.2, 0.25) is 0 Å². The van der Waals surface area contributed by atoms with Crippen molar-refractivity contribution in [2.24, 2.45) is 0 Å². The Bertz CT molecular complexity index is 611. The second-order valence-corrected chi connectivity index (χ2v) is 5.78. The van der Waals surface area contributed by atoms with Crippen molar-refractivity contribution in [1.29, 1.82) is 0 Å². The number of nitrogens with zero attached hydrogens (tertiary/aromatic N) is 3. The molecule has 1 aromatic heterocycles. The Kier molecular flexibility index (Phi) is 3.92. The molecule has 112 valence electrons. The topological polar surface area (TPSA) is 56.8 Å². The lowest BCUT2D eigenvalue weighted by Gasteiger charge is -2.30. The normalized spacial score (nSPS) is 16.4. The third-order valence-corrected chi connectivity index (χ3v) is 4.52. The van der Waals surface area contributed by atoms with Crippen molar-refractivity contribution in [2.45, 2.75) is 32.7 Å². The molecule has 0 amide bonds. The first-order valence-electron chi connectivity index (χ1n) is 7.60. The fourth-order valence-corrected chi connectivity index (χ4v) is 2.89. The highest BCUT2D eigenvalue weighted by molar-refractivity contribution is 5.62. The van der Waals surface area contributed by atoms with E-state index in [0.717, 1.165) is 43.3 Å². The molecule has 0 bridgehead atoms. The van der Waals surface area contributed by atoms with Gasteiger partial charge in [-0.1, -0.05) is 18.2 Å². The summed E-state index contributed by atoms with van der Waals surface area (Å²) in [5, 5.41) is 10.8. The van der Waals surface area contributed by atoms with E-state index >= 15 is 0 Å². The summed E-state index contributed by atoms with van der Waals surface area (Å²) in [7, 11) is 2.03. The number of hydrogen-bond acceptors (Lipinski definition) is 4. The molecule has 0 spiro atoms. The molecule has 1 fully saturated rings. The number of nitrogens with one attached hydrogen (secondary N) is 2. The number of rotatable bonds is 3. The second-order valence-electron chi connectivity index (χ2n) is 5.78. The Hall–Kier alpha value is -1.88. The molecule has 21 heavy (non-hydrogen) atoms. The van der Waals surface area contributed by atoms with Crippen LogP contribution in [0.5, 0.6) is 0 Å². The first-order chi connectivity index (χ1) is 10.2. The van der Waals surface area contributed by atoms with Crippen LogP contribution in [0.15, 0.2) is 18.2 Å². The number of anilines is 1. The van der Waals surface area contributed by atoms with E-state index in [9.17, 15) is 0 Å². The van der Waals surface area contributed by atoms with Gasteiger partial charge in [0.25, 0.3) is 0 Å². The maximum absolute atomic E-state index is 4.70. The molecule has 1 aromatic carbocycles. The Morgan fingerprint density at radius 3 is 2.71 bits per heavy atom. The first kappa shape index (κ1) is 14.1. The highest BCUT2D eigenvalue weighted by Crippen LogP contribution is 2.24. The molecule has 1 aliphatic heterocycles. The summed E-state index contributed by atoms with van der Waals surface area (Å²) in [6.07, 6.45) is 2.29. The zero-order valence-corrected chi connectivity index (χ0v) is 13.0. The molecule has 2 aromatic rings. The third kappa shape index (κ3) is 2.78. The van der Waals surface area contributed by atoms with Crippen LogP contribution in [0.3, 0.4) is 0 Å². The summed E-state index contributed by atoms with van der Waals surface area (Å²) in [6.45, 7) is 6.27. The summed E-state index contributed by atoms with van der Waals surface area (Å²) < 4.78 is 0. The number of H-pyrrole nitrogens is 1. The van der Waals surface area contributed by atoms with Crippen LogP contribution in [0.4, 0.5) is 5.95 Å². The molecule has 0 radical (unpaired) electrons. The Morgan fingerprint density at radius 1 is 1.24 bits per heavy atom. The molecule has 5 nitrogen and oxygen atoms in total. The van der Waals surface area contributed by atoms with Crippen LogP contribution in [0.1, 0.15) is 24.0 Å². The van der Waals surface area contributed by atoms with Gasteiger partial charge in [0.2, 0.25) is 5.95 Å². The van der Waals surface area contributed by atoms with E-state index in [1.54, 1.807) is 0 Å². The van der Waals surface area contributed by atoms with Crippen molar-refractivity contribution in [2.75, 3.05) is 25.0 Å². The van der Waals surface area contributed by atoms with Gasteiger partial charge in [-0.25, -0.2) is 0 Å². The molecule has 0 aliphatic carbocycles. The average molecular weight is 285 g/mol. The quantitative estimate of drug-likeness (QED) is 0.908. The van der Waals surface area contributed by atoms with E-state index in [4.69, 9.17) is 4.98 Å². The first-order valence-corrected chi connectivity index (χ1v) is 7.60. The number of hydrogen-bond donors (Lipinski definition) is 2. The van der Waals surface area contributed by atoms with E-state index in [0.29, 0.717) is 6.04 Å². The van der Waals surface area contributed by atoms with Crippen LogP contribution in [-0.2, 0) is 0 Å². The smallest absolute Gasteiger partial charge is 0.245 e. The predicted octanol–water partition coefficient (Wildman–Crippen LogP) is 2.28. The lowest BCUT2D eigenvalue weighted by atomic mass is 10.0. The van der Waals surface area contributed by atoms with Gasteiger partial charge in [0.15, 0.2) is 5.82 Å². The maximum Gasteiger partial charge on any atom is 0.245 e. The van der Waals surface area contributed by atoms with Gasteiger partial charge in [0.05, 0.1) is 0 Å². The number of aromatic amines is 1. The number of piperidine rings is 1. The van der Waals surface area contributed by atoms with Crippen molar-refractivity contribution < 1.29 is 0 Å². The van der Waals surface area contributed by atoms with Gasteiger partial charge in [-0.2, -0.15) is 4.98 Å². The molecule has 1 saturated heterocycles. The standard InChI is InChI=1S/C16H23N5/c1-11-5-4-6-14(12(11)2)15-18-16(20-19-15)21-9-7-13(17-3)8-10-21/h4-6,13,17H,7-10H2,1-3H3,(H,18,19,20). The third-order valence-electron chi connectivity index (χ3n) is 4.52. The average Bonchev–Trinajstić information content (AvgIpc) is 3.00. The van der Waals surface area contributed by atoms with Crippen LogP contribution in [-0.4, -0.2) is 41.4 Å². The summed E-state index contributed by atoms with van der Waals surface area (Å²) in [4.78, 5) is 6.96. The summed E-state index contributed by atoms with van der Waals surface area (Å²) in [5.41, 5.74) is 3.67. The summed E-state index contributed by atoms with van der Waals surface area (Å²) >= 11 is 0.